The molecule has 0 spiro atoms. The van der Waals surface area contributed by atoms with Crippen molar-refractivity contribution in [3.05, 3.63) is 100.0 Å². The fourth-order valence-electron chi connectivity index (χ4n) is 2.90. The molecular formula is C20H17N5O3S. The van der Waals surface area contributed by atoms with Crippen LogP contribution < -0.4 is 10.3 Å². The van der Waals surface area contributed by atoms with E-state index in [4.69, 9.17) is 4.84 Å². The average molecular weight is 407 g/mol. The molecule has 0 radical (unpaired) electrons. The van der Waals surface area contributed by atoms with Crippen molar-refractivity contribution < 1.29 is 9.94 Å². The SMILES string of the molecule is O=c1cc(Cn2nnnc2S)n(OC(c2ccccc2)c2ccccc2)cc1O. The molecule has 0 saturated carbocycles. The molecule has 0 atom stereocenters. The molecule has 29 heavy (non-hydrogen) atoms. The first-order valence-electron chi connectivity index (χ1n) is 8.78. The number of nitrogens with zero attached hydrogens (tertiary/aromatic N) is 5. The van der Waals surface area contributed by atoms with E-state index in [1.54, 1.807) is 0 Å². The monoisotopic (exact) mass is 407 g/mol. The van der Waals surface area contributed by atoms with Crippen LogP contribution in [0.2, 0.25) is 0 Å². The minimum absolute atomic E-state index is 0.137. The van der Waals surface area contributed by atoms with Crippen LogP contribution in [0.4, 0.5) is 0 Å². The quantitative estimate of drug-likeness (QED) is 0.475. The molecule has 0 bridgehead atoms. The highest BCUT2D eigenvalue weighted by molar-refractivity contribution is 7.80. The van der Waals surface area contributed by atoms with Crippen LogP contribution in [0.5, 0.6) is 5.75 Å². The van der Waals surface area contributed by atoms with E-state index >= 15 is 0 Å². The molecule has 8 nitrogen and oxygen atoms in total. The van der Waals surface area contributed by atoms with E-state index in [-0.39, 0.29) is 6.54 Å². The maximum Gasteiger partial charge on any atom is 0.223 e. The maximum absolute atomic E-state index is 12.0. The Hall–Kier alpha value is -3.59. The van der Waals surface area contributed by atoms with Crippen LogP contribution in [0.25, 0.3) is 0 Å². The van der Waals surface area contributed by atoms with Gasteiger partial charge in [0.1, 0.15) is 0 Å². The Kier molecular flexibility index (Phi) is 5.30. The largest absolute Gasteiger partial charge is 0.503 e. The standard InChI is InChI=1S/C20H17N5O3S/c26-17-11-16(12-24-20(29)21-22-23-24)25(13-18(17)27)28-19(14-7-3-1-4-8-14)15-9-5-2-6-10-15/h1-11,13,19,27H,12H2,(H,21,23,29). The minimum atomic E-state index is -0.524. The summed E-state index contributed by atoms with van der Waals surface area (Å²) in [6, 6.07) is 20.6. The van der Waals surface area contributed by atoms with Crippen LogP contribution in [0.15, 0.2) is 82.9 Å². The molecule has 2 aromatic heterocycles. The van der Waals surface area contributed by atoms with Gasteiger partial charge in [0.2, 0.25) is 10.6 Å². The summed E-state index contributed by atoms with van der Waals surface area (Å²) in [5.74, 6) is -0.420. The first kappa shape index (κ1) is 18.8. The lowest BCUT2D eigenvalue weighted by Crippen LogP contribution is -2.25. The van der Waals surface area contributed by atoms with Gasteiger partial charge in [0.15, 0.2) is 11.9 Å². The van der Waals surface area contributed by atoms with Gasteiger partial charge < -0.3 is 9.94 Å². The van der Waals surface area contributed by atoms with Crippen LogP contribution >= 0.6 is 12.6 Å². The van der Waals surface area contributed by atoms with Crippen molar-refractivity contribution in [2.75, 3.05) is 0 Å². The molecule has 0 aliphatic heterocycles. The van der Waals surface area contributed by atoms with Crippen molar-refractivity contribution in [2.45, 2.75) is 17.8 Å². The maximum atomic E-state index is 12.0. The lowest BCUT2D eigenvalue weighted by Gasteiger charge is -2.23. The van der Waals surface area contributed by atoms with Gasteiger partial charge in [0.05, 0.1) is 18.4 Å². The van der Waals surface area contributed by atoms with Gasteiger partial charge in [0.25, 0.3) is 0 Å². The molecule has 9 heteroatoms. The van der Waals surface area contributed by atoms with Crippen molar-refractivity contribution in [1.82, 2.24) is 24.9 Å². The summed E-state index contributed by atoms with van der Waals surface area (Å²) in [4.78, 5) is 18.3. The molecule has 4 aromatic rings. The van der Waals surface area contributed by atoms with E-state index < -0.39 is 17.3 Å². The Balaban J connectivity index is 1.77. The van der Waals surface area contributed by atoms with Crippen molar-refractivity contribution in [1.29, 1.82) is 0 Å². The van der Waals surface area contributed by atoms with Gasteiger partial charge in [-0.15, -0.1) is 17.7 Å². The third kappa shape index (κ3) is 4.14. The van der Waals surface area contributed by atoms with E-state index in [0.717, 1.165) is 11.1 Å². The second kappa shape index (κ2) is 8.19. The second-order valence-corrected chi connectivity index (χ2v) is 6.68. The first-order chi connectivity index (χ1) is 14.1. The summed E-state index contributed by atoms with van der Waals surface area (Å²) in [5, 5.41) is 21.4. The number of hydrogen-bond acceptors (Lipinski definition) is 7. The molecular weight excluding hydrogens is 390 g/mol. The number of tetrazole rings is 1. The number of rotatable bonds is 6. The highest BCUT2D eigenvalue weighted by Crippen LogP contribution is 2.24. The van der Waals surface area contributed by atoms with Gasteiger partial charge >= 0.3 is 0 Å². The third-order valence-corrected chi connectivity index (χ3v) is 4.64. The van der Waals surface area contributed by atoms with Crippen LogP contribution in [-0.2, 0) is 6.54 Å². The minimum Gasteiger partial charge on any atom is -0.503 e. The van der Waals surface area contributed by atoms with Crippen LogP contribution in [0.3, 0.4) is 0 Å². The summed E-state index contributed by atoms with van der Waals surface area (Å²) in [5.41, 5.74) is 1.76. The molecule has 4 rings (SSSR count). The van der Waals surface area contributed by atoms with E-state index in [9.17, 15) is 9.90 Å². The van der Waals surface area contributed by atoms with Gasteiger partial charge in [-0.1, -0.05) is 60.7 Å². The molecule has 0 unspecified atom stereocenters. The second-order valence-electron chi connectivity index (χ2n) is 6.28. The third-order valence-electron chi connectivity index (χ3n) is 4.32. The van der Waals surface area contributed by atoms with Crippen molar-refractivity contribution in [3.8, 4) is 5.75 Å². The number of aromatic nitrogens is 5. The lowest BCUT2D eigenvalue weighted by atomic mass is 10.0. The number of thiol groups is 1. The van der Waals surface area contributed by atoms with E-state index in [1.807, 2.05) is 60.7 Å². The predicted octanol–water partition coefficient (Wildman–Crippen LogP) is 2.10. The molecule has 0 aliphatic rings. The Morgan fingerprint density at radius 2 is 1.66 bits per heavy atom. The Labute approximate surface area is 171 Å². The van der Waals surface area contributed by atoms with E-state index in [0.29, 0.717) is 10.9 Å². The molecule has 0 fully saturated rings. The average Bonchev–Trinajstić information content (AvgIpc) is 3.15. The topological polar surface area (TPSA) is 95.1 Å². The summed E-state index contributed by atoms with van der Waals surface area (Å²) < 4.78 is 2.78. The summed E-state index contributed by atoms with van der Waals surface area (Å²) in [6.07, 6.45) is 0.779. The Morgan fingerprint density at radius 1 is 1.03 bits per heavy atom. The van der Waals surface area contributed by atoms with Crippen molar-refractivity contribution in [3.63, 3.8) is 0 Å². The Bertz CT molecular complexity index is 1120. The van der Waals surface area contributed by atoms with Gasteiger partial charge in [-0.25, -0.2) is 4.68 Å². The highest BCUT2D eigenvalue weighted by Gasteiger charge is 2.19. The van der Waals surface area contributed by atoms with Crippen molar-refractivity contribution in [2.24, 2.45) is 0 Å². The molecule has 2 aromatic carbocycles. The molecule has 0 saturated heterocycles. The number of hydrogen-bond donors (Lipinski definition) is 2. The smallest absolute Gasteiger partial charge is 0.223 e. The predicted molar refractivity (Wildman–Crippen MR) is 108 cm³/mol. The molecule has 2 heterocycles. The van der Waals surface area contributed by atoms with Gasteiger partial charge in [-0.2, -0.15) is 4.73 Å². The van der Waals surface area contributed by atoms with E-state index in [1.165, 1.54) is 21.7 Å². The van der Waals surface area contributed by atoms with Crippen LogP contribution in [0.1, 0.15) is 22.9 Å². The number of pyridine rings is 1. The number of aromatic hydroxyl groups is 1. The molecule has 1 N–H and O–H groups in total. The zero-order chi connectivity index (χ0) is 20.2. The number of benzene rings is 2. The van der Waals surface area contributed by atoms with E-state index in [2.05, 4.69) is 28.2 Å². The van der Waals surface area contributed by atoms with Gasteiger partial charge in [0, 0.05) is 6.07 Å². The zero-order valence-electron chi connectivity index (χ0n) is 15.2. The fraction of sp³-hybridized carbons (Fsp3) is 0.100. The molecule has 0 aliphatic carbocycles. The van der Waals surface area contributed by atoms with Gasteiger partial charge in [-0.3, -0.25) is 4.79 Å². The zero-order valence-corrected chi connectivity index (χ0v) is 16.1. The lowest BCUT2D eigenvalue weighted by molar-refractivity contribution is 0.0516. The normalized spacial score (nSPS) is 11.0. The van der Waals surface area contributed by atoms with Crippen LogP contribution in [0, 0.1) is 0 Å². The van der Waals surface area contributed by atoms with Crippen LogP contribution in [-0.4, -0.2) is 30.0 Å². The molecule has 146 valence electrons. The summed E-state index contributed by atoms with van der Waals surface area (Å²) in [6.45, 7) is 0.137. The Morgan fingerprint density at radius 3 is 2.21 bits per heavy atom. The molecule has 0 amide bonds. The summed E-state index contributed by atoms with van der Waals surface area (Å²) >= 11 is 4.19. The summed E-state index contributed by atoms with van der Waals surface area (Å²) in [7, 11) is 0. The fourth-order valence-corrected chi connectivity index (χ4v) is 3.05. The first-order valence-corrected chi connectivity index (χ1v) is 9.23. The van der Waals surface area contributed by atoms with Crippen molar-refractivity contribution >= 4 is 12.6 Å². The van der Waals surface area contributed by atoms with Gasteiger partial charge in [-0.05, 0) is 21.6 Å². The highest BCUT2D eigenvalue weighted by atomic mass is 32.1.